The van der Waals surface area contributed by atoms with Gasteiger partial charge in [-0.1, -0.05) is 42.5 Å². The molecule has 18 heavy (non-hydrogen) atoms. The van der Waals surface area contributed by atoms with Crippen molar-refractivity contribution in [1.29, 1.82) is 0 Å². The van der Waals surface area contributed by atoms with Crippen molar-refractivity contribution in [2.75, 3.05) is 7.05 Å². The van der Waals surface area contributed by atoms with Crippen LogP contribution in [0.4, 0.5) is 0 Å². The van der Waals surface area contributed by atoms with E-state index < -0.39 is 5.97 Å². The molecule has 3 heteroatoms. The number of carboxylic acids is 1. The van der Waals surface area contributed by atoms with E-state index in [2.05, 4.69) is 17.4 Å². The summed E-state index contributed by atoms with van der Waals surface area (Å²) in [6, 6.07) is 10.3. The van der Waals surface area contributed by atoms with E-state index in [1.54, 1.807) is 0 Å². The largest absolute Gasteiger partial charge is 0.481 e. The van der Waals surface area contributed by atoms with Gasteiger partial charge in [0.25, 0.3) is 0 Å². The summed E-state index contributed by atoms with van der Waals surface area (Å²) in [4.78, 5) is 10.3. The third-order valence-corrected chi connectivity index (χ3v) is 2.84. The third-order valence-electron chi connectivity index (χ3n) is 2.84. The standard InChI is InChI=1S/C8H11N.C7H10O2/c1-9-7-8-5-3-2-4-6-8;8-7(9)6-4-2-1-3-5-6/h2-6,9H,7H2,1H3;1-2,6H,3-5H2,(H,8,9). The van der Waals surface area contributed by atoms with Crippen molar-refractivity contribution in [2.24, 2.45) is 5.92 Å². The van der Waals surface area contributed by atoms with Crippen LogP contribution in [0.2, 0.25) is 0 Å². The third kappa shape index (κ3) is 5.64. The highest BCUT2D eigenvalue weighted by atomic mass is 16.4. The maximum atomic E-state index is 10.3. The van der Waals surface area contributed by atoms with Crippen LogP contribution < -0.4 is 5.32 Å². The molecule has 2 rings (SSSR count). The minimum absolute atomic E-state index is 0.116. The highest BCUT2D eigenvalue weighted by Crippen LogP contribution is 2.17. The molecule has 2 N–H and O–H groups in total. The van der Waals surface area contributed by atoms with Gasteiger partial charge in [-0.15, -0.1) is 0 Å². The van der Waals surface area contributed by atoms with Gasteiger partial charge in [0.05, 0.1) is 5.92 Å². The average Bonchev–Trinajstić information content (AvgIpc) is 2.42. The zero-order chi connectivity index (χ0) is 13.2. The van der Waals surface area contributed by atoms with E-state index in [4.69, 9.17) is 5.11 Å². The van der Waals surface area contributed by atoms with Crippen LogP contribution in [-0.4, -0.2) is 18.1 Å². The van der Waals surface area contributed by atoms with Crippen LogP contribution in [0.3, 0.4) is 0 Å². The highest BCUT2D eigenvalue weighted by Gasteiger charge is 2.16. The minimum atomic E-state index is -0.653. The first-order valence-electron chi connectivity index (χ1n) is 6.30. The molecule has 3 nitrogen and oxygen atoms in total. The number of carboxylic acid groups (broad SMARTS) is 1. The summed E-state index contributed by atoms with van der Waals surface area (Å²) >= 11 is 0. The molecule has 98 valence electrons. The Morgan fingerprint density at radius 1 is 1.33 bits per heavy atom. The van der Waals surface area contributed by atoms with Gasteiger partial charge >= 0.3 is 5.97 Å². The lowest BCUT2D eigenvalue weighted by Gasteiger charge is -2.11. The minimum Gasteiger partial charge on any atom is -0.481 e. The Morgan fingerprint density at radius 2 is 2.06 bits per heavy atom. The molecule has 0 radical (unpaired) electrons. The first-order valence-corrected chi connectivity index (χ1v) is 6.30. The second-order valence-electron chi connectivity index (χ2n) is 4.34. The van der Waals surface area contributed by atoms with Gasteiger partial charge in [0.15, 0.2) is 0 Å². The summed E-state index contributed by atoms with van der Waals surface area (Å²) in [5.74, 6) is -0.769. The molecule has 0 saturated heterocycles. The SMILES string of the molecule is CNCc1ccccc1.O=C(O)C1CC=CCC1. The Hall–Kier alpha value is -1.61. The summed E-state index contributed by atoms with van der Waals surface area (Å²) in [6.07, 6.45) is 6.44. The number of nitrogens with one attached hydrogen (secondary N) is 1. The maximum absolute atomic E-state index is 10.3. The van der Waals surface area contributed by atoms with Crippen molar-refractivity contribution in [2.45, 2.75) is 25.8 Å². The fraction of sp³-hybridized carbons (Fsp3) is 0.400. The average molecular weight is 247 g/mol. The number of hydrogen-bond acceptors (Lipinski definition) is 2. The summed E-state index contributed by atoms with van der Waals surface area (Å²) in [5, 5.41) is 11.6. The molecule has 0 bridgehead atoms. The maximum Gasteiger partial charge on any atom is 0.306 e. The number of carbonyl (C=O) groups is 1. The van der Waals surface area contributed by atoms with Crippen LogP contribution in [0.5, 0.6) is 0 Å². The number of hydrogen-bond donors (Lipinski definition) is 2. The normalized spacial score (nSPS) is 17.7. The van der Waals surface area contributed by atoms with Crippen LogP contribution in [-0.2, 0) is 11.3 Å². The summed E-state index contributed by atoms with van der Waals surface area (Å²) in [5.41, 5.74) is 1.33. The van der Waals surface area contributed by atoms with Crippen molar-refractivity contribution in [3.05, 3.63) is 48.0 Å². The fourth-order valence-corrected chi connectivity index (χ4v) is 1.82. The van der Waals surface area contributed by atoms with E-state index in [9.17, 15) is 4.79 Å². The lowest BCUT2D eigenvalue weighted by atomic mass is 9.95. The van der Waals surface area contributed by atoms with E-state index >= 15 is 0 Å². The molecule has 0 spiro atoms. The van der Waals surface area contributed by atoms with Crippen LogP contribution in [0.15, 0.2) is 42.5 Å². The first kappa shape index (κ1) is 14.5. The van der Waals surface area contributed by atoms with Gasteiger partial charge in [-0.05, 0) is 31.9 Å². The van der Waals surface area contributed by atoms with Gasteiger partial charge in [-0.25, -0.2) is 0 Å². The zero-order valence-corrected chi connectivity index (χ0v) is 10.8. The molecule has 0 aliphatic heterocycles. The molecule has 1 aliphatic rings. The molecule has 0 saturated carbocycles. The van der Waals surface area contributed by atoms with E-state index in [1.807, 2.05) is 37.4 Å². The predicted molar refractivity (Wildman–Crippen MR) is 73.3 cm³/mol. The monoisotopic (exact) mass is 247 g/mol. The Morgan fingerprint density at radius 3 is 2.50 bits per heavy atom. The van der Waals surface area contributed by atoms with Gasteiger partial charge in [0.1, 0.15) is 0 Å². The predicted octanol–water partition coefficient (Wildman–Crippen LogP) is 2.83. The smallest absolute Gasteiger partial charge is 0.306 e. The topological polar surface area (TPSA) is 49.3 Å². The van der Waals surface area contributed by atoms with Crippen LogP contribution >= 0.6 is 0 Å². The molecular weight excluding hydrogens is 226 g/mol. The van der Waals surface area contributed by atoms with Crippen molar-refractivity contribution >= 4 is 5.97 Å². The van der Waals surface area contributed by atoms with Gasteiger partial charge in [-0.2, -0.15) is 0 Å². The lowest BCUT2D eigenvalue weighted by molar-refractivity contribution is -0.141. The zero-order valence-electron chi connectivity index (χ0n) is 10.8. The van der Waals surface area contributed by atoms with Gasteiger partial charge in [0, 0.05) is 6.54 Å². The van der Waals surface area contributed by atoms with Crippen LogP contribution in [0, 0.1) is 5.92 Å². The molecule has 0 aromatic heterocycles. The Balaban J connectivity index is 0.000000180. The molecular formula is C15H21NO2. The quantitative estimate of drug-likeness (QED) is 0.807. The number of allylic oxidation sites excluding steroid dienone is 2. The second kappa shape index (κ2) is 8.48. The van der Waals surface area contributed by atoms with Gasteiger partial charge in [-0.3, -0.25) is 4.79 Å². The summed E-state index contributed by atoms with van der Waals surface area (Å²) in [6.45, 7) is 0.959. The van der Waals surface area contributed by atoms with Gasteiger partial charge in [0.2, 0.25) is 0 Å². The van der Waals surface area contributed by atoms with E-state index in [0.29, 0.717) is 0 Å². The van der Waals surface area contributed by atoms with Crippen molar-refractivity contribution in [3.63, 3.8) is 0 Å². The molecule has 1 aromatic carbocycles. The van der Waals surface area contributed by atoms with Gasteiger partial charge < -0.3 is 10.4 Å². The van der Waals surface area contributed by atoms with E-state index in [1.165, 1.54) is 5.56 Å². The first-order chi connectivity index (χ1) is 8.74. The summed E-state index contributed by atoms with van der Waals surface area (Å²) < 4.78 is 0. The lowest BCUT2D eigenvalue weighted by Crippen LogP contribution is -2.13. The second-order valence-corrected chi connectivity index (χ2v) is 4.34. The van der Waals surface area contributed by atoms with Crippen molar-refractivity contribution in [1.82, 2.24) is 5.32 Å². The van der Waals surface area contributed by atoms with E-state index in [-0.39, 0.29) is 5.92 Å². The van der Waals surface area contributed by atoms with Crippen LogP contribution in [0.25, 0.3) is 0 Å². The highest BCUT2D eigenvalue weighted by molar-refractivity contribution is 5.70. The van der Waals surface area contributed by atoms with E-state index in [0.717, 1.165) is 25.8 Å². The fourth-order valence-electron chi connectivity index (χ4n) is 1.82. The molecule has 1 aliphatic carbocycles. The molecule has 1 atom stereocenters. The van der Waals surface area contributed by atoms with Crippen molar-refractivity contribution < 1.29 is 9.90 Å². The number of benzene rings is 1. The van der Waals surface area contributed by atoms with Crippen LogP contribution in [0.1, 0.15) is 24.8 Å². The molecule has 1 unspecified atom stereocenters. The molecule has 0 fully saturated rings. The molecule has 0 amide bonds. The number of aliphatic carboxylic acids is 1. The number of rotatable bonds is 3. The molecule has 0 heterocycles. The van der Waals surface area contributed by atoms with Crippen molar-refractivity contribution in [3.8, 4) is 0 Å². The Labute approximate surface area is 109 Å². The summed E-state index contributed by atoms with van der Waals surface area (Å²) in [7, 11) is 1.95. The Bertz CT molecular complexity index is 373. The molecule has 1 aromatic rings. The Kier molecular flexibility index (Phi) is 6.81.